The van der Waals surface area contributed by atoms with Gasteiger partial charge in [0.25, 0.3) is 0 Å². The Morgan fingerprint density at radius 1 is 1.00 bits per heavy atom. The zero-order valence-electron chi connectivity index (χ0n) is 14.9. The summed E-state index contributed by atoms with van der Waals surface area (Å²) in [6.45, 7) is 3.03. The molecule has 3 aromatic carbocycles. The van der Waals surface area contributed by atoms with Crippen molar-refractivity contribution in [2.24, 2.45) is 4.99 Å². The standard InChI is InChI=1S/C22H19BrClNO2/c1-2-26-19-10-8-18(9-11-19)25-14-16-7-12-22(20(23)13-16)27-15-17-5-3-4-6-21(17)24/h3-14H,2,15H2,1H3. The van der Waals surface area contributed by atoms with Crippen molar-refractivity contribution < 1.29 is 9.47 Å². The van der Waals surface area contributed by atoms with Crippen LogP contribution in [0, 0.1) is 0 Å². The van der Waals surface area contributed by atoms with Crippen LogP contribution in [0.3, 0.4) is 0 Å². The lowest BCUT2D eigenvalue weighted by atomic mass is 10.2. The lowest BCUT2D eigenvalue weighted by Crippen LogP contribution is -1.97. The second kappa shape index (κ2) is 9.58. The summed E-state index contributed by atoms with van der Waals surface area (Å²) < 4.78 is 12.2. The van der Waals surface area contributed by atoms with Gasteiger partial charge in [0.05, 0.1) is 16.8 Å². The fraction of sp³-hybridized carbons (Fsp3) is 0.136. The van der Waals surface area contributed by atoms with Gasteiger partial charge in [-0.05, 0) is 76.9 Å². The molecular formula is C22H19BrClNO2. The van der Waals surface area contributed by atoms with Gasteiger partial charge in [-0.2, -0.15) is 0 Å². The zero-order chi connectivity index (χ0) is 19.1. The second-order valence-corrected chi connectivity index (χ2v) is 7.02. The molecule has 0 aliphatic rings. The summed E-state index contributed by atoms with van der Waals surface area (Å²) in [5, 5.41) is 0.702. The molecule has 3 nitrogen and oxygen atoms in total. The van der Waals surface area contributed by atoms with E-state index >= 15 is 0 Å². The predicted octanol–water partition coefficient (Wildman–Crippen LogP) is 6.83. The molecule has 0 spiro atoms. The molecular weight excluding hydrogens is 426 g/mol. The Morgan fingerprint density at radius 3 is 2.48 bits per heavy atom. The molecule has 3 aromatic rings. The molecule has 3 rings (SSSR count). The van der Waals surface area contributed by atoms with Crippen molar-refractivity contribution in [2.45, 2.75) is 13.5 Å². The minimum absolute atomic E-state index is 0.415. The summed E-state index contributed by atoms with van der Waals surface area (Å²) in [4.78, 5) is 4.49. The van der Waals surface area contributed by atoms with Crippen LogP contribution in [0.5, 0.6) is 11.5 Å². The van der Waals surface area contributed by atoms with E-state index in [0.717, 1.165) is 32.8 Å². The molecule has 0 N–H and O–H groups in total. The van der Waals surface area contributed by atoms with Gasteiger partial charge in [0.2, 0.25) is 0 Å². The molecule has 0 atom stereocenters. The molecule has 0 unspecified atom stereocenters. The van der Waals surface area contributed by atoms with E-state index in [1.807, 2.05) is 79.9 Å². The smallest absolute Gasteiger partial charge is 0.134 e. The van der Waals surface area contributed by atoms with E-state index in [1.165, 1.54) is 0 Å². The molecule has 0 saturated heterocycles. The van der Waals surface area contributed by atoms with E-state index in [0.29, 0.717) is 18.2 Å². The third-order valence-corrected chi connectivity index (χ3v) is 4.80. The highest BCUT2D eigenvalue weighted by atomic mass is 79.9. The van der Waals surface area contributed by atoms with Gasteiger partial charge < -0.3 is 9.47 Å². The van der Waals surface area contributed by atoms with E-state index < -0.39 is 0 Å². The van der Waals surface area contributed by atoms with Crippen LogP contribution in [-0.4, -0.2) is 12.8 Å². The molecule has 138 valence electrons. The summed E-state index contributed by atoms with van der Waals surface area (Å²) in [5.41, 5.74) is 2.79. The van der Waals surface area contributed by atoms with E-state index in [4.69, 9.17) is 21.1 Å². The fourth-order valence-corrected chi connectivity index (χ4v) is 3.13. The summed E-state index contributed by atoms with van der Waals surface area (Å²) in [5.74, 6) is 1.60. The first-order valence-corrected chi connectivity index (χ1v) is 9.75. The summed E-state index contributed by atoms with van der Waals surface area (Å²) >= 11 is 9.72. The van der Waals surface area contributed by atoms with Crippen molar-refractivity contribution in [3.63, 3.8) is 0 Å². The van der Waals surface area contributed by atoms with Crippen molar-refractivity contribution in [1.82, 2.24) is 0 Å². The van der Waals surface area contributed by atoms with Gasteiger partial charge in [-0.15, -0.1) is 0 Å². The normalized spacial score (nSPS) is 10.9. The first kappa shape index (κ1) is 19.5. The summed E-state index contributed by atoms with van der Waals surface area (Å²) in [6.07, 6.45) is 1.82. The van der Waals surface area contributed by atoms with E-state index in [9.17, 15) is 0 Å². The van der Waals surface area contributed by atoms with Gasteiger partial charge in [0.1, 0.15) is 18.1 Å². The Morgan fingerprint density at radius 2 is 1.78 bits per heavy atom. The highest BCUT2D eigenvalue weighted by molar-refractivity contribution is 9.10. The topological polar surface area (TPSA) is 30.8 Å². The van der Waals surface area contributed by atoms with E-state index in [-0.39, 0.29) is 0 Å². The largest absolute Gasteiger partial charge is 0.494 e. The summed E-state index contributed by atoms with van der Waals surface area (Å²) in [7, 11) is 0. The van der Waals surface area contributed by atoms with Crippen molar-refractivity contribution >= 4 is 39.4 Å². The molecule has 0 radical (unpaired) electrons. The molecule has 0 aliphatic heterocycles. The minimum atomic E-state index is 0.415. The molecule has 0 heterocycles. The third kappa shape index (κ3) is 5.59. The number of nitrogens with zero attached hydrogens (tertiary/aromatic N) is 1. The molecule has 0 fully saturated rings. The van der Waals surface area contributed by atoms with Gasteiger partial charge in [-0.1, -0.05) is 29.8 Å². The number of rotatable bonds is 7. The monoisotopic (exact) mass is 443 g/mol. The molecule has 0 saturated carbocycles. The Balaban J connectivity index is 1.64. The van der Waals surface area contributed by atoms with Gasteiger partial charge in [-0.25, -0.2) is 0 Å². The molecule has 0 bridgehead atoms. The maximum Gasteiger partial charge on any atom is 0.134 e. The van der Waals surface area contributed by atoms with E-state index in [1.54, 1.807) is 0 Å². The molecule has 27 heavy (non-hydrogen) atoms. The number of ether oxygens (including phenoxy) is 2. The molecule has 0 aliphatic carbocycles. The number of hydrogen-bond acceptors (Lipinski definition) is 3. The zero-order valence-corrected chi connectivity index (χ0v) is 17.2. The van der Waals surface area contributed by atoms with Crippen molar-refractivity contribution in [3.05, 3.63) is 87.4 Å². The van der Waals surface area contributed by atoms with Crippen LogP contribution in [0.4, 0.5) is 5.69 Å². The lowest BCUT2D eigenvalue weighted by molar-refractivity contribution is 0.304. The molecule has 0 amide bonds. The van der Waals surface area contributed by atoms with E-state index in [2.05, 4.69) is 20.9 Å². The maximum atomic E-state index is 6.17. The Kier molecular flexibility index (Phi) is 6.91. The molecule has 0 aromatic heterocycles. The predicted molar refractivity (Wildman–Crippen MR) is 115 cm³/mol. The van der Waals surface area contributed by atoms with Gasteiger partial charge >= 0.3 is 0 Å². The number of benzene rings is 3. The van der Waals surface area contributed by atoms with Crippen LogP contribution in [0.15, 0.2) is 76.2 Å². The van der Waals surface area contributed by atoms with Crippen LogP contribution in [-0.2, 0) is 6.61 Å². The second-order valence-electron chi connectivity index (χ2n) is 5.76. The van der Waals surface area contributed by atoms with Crippen molar-refractivity contribution in [1.29, 1.82) is 0 Å². The van der Waals surface area contributed by atoms with Gasteiger partial charge in [0, 0.05) is 16.8 Å². The Labute approximate surface area is 172 Å². The van der Waals surface area contributed by atoms with Crippen LogP contribution in [0.25, 0.3) is 0 Å². The first-order valence-electron chi connectivity index (χ1n) is 8.58. The van der Waals surface area contributed by atoms with Crippen molar-refractivity contribution in [3.8, 4) is 11.5 Å². The van der Waals surface area contributed by atoms with Crippen LogP contribution < -0.4 is 9.47 Å². The Bertz CT molecular complexity index is 926. The SMILES string of the molecule is CCOc1ccc(N=Cc2ccc(OCc3ccccc3Cl)c(Br)c2)cc1. The highest BCUT2D eigenvalue weighted by Crippen LogP contribution is 2.27. The average Bonchev–Trinajstić information content (AvgIpc) is 2.68. The molecule has 5 heteroatoms. The van der Waals surface area contributed by atoms with Gasteiger partial charge in [0.15, 0.2) is 0 Å². The quantitative estimate of drug-likeness (QED) is 0.374. The van der Waals surface area contributed by atoms with Crippen LogP contribution in [0.1, 0.15) is 18.1 Å². The lowest BCUT2D eigenvalue weighted by Gasteiger charge is -2.10. The Hall–Kier alpha value is -2.30. The third-order valence-electron chi connectivity index (χ3n) is 3.81. The van der Waals surface area contributed by atoms with Crippen LogP contribution >= 0.6 is 27.5 Å². The van der Waals surface area contributed by atoms with Crippen LogP contribution in [0.2, 0.25) is 5.02 Å². The number of aliphatic imine (C=N–C) groups is 1. The average molecular weight is 445 g/mol. The highest BCUT2D eigenvalue weighted by Gasteiger charge is 2.05. The minimum Gasteiger partial charge on any atom is -0.494 e. The number of halogens is 2. The van der Waals surface area contributed by atoms with Gasteiger partial charge in [-0.3, -0.25) is 4.99 Å². The fourth-order valence-electron chi connectivity index (χ4n) is 2.43. The van der Waals surface area contributed by atoms with Crippen molar-refractivity contribution in [2.75, 3.05) is 6.61 Å². The first-order chi connectivity index (χ1) is 13.2. The maximum absolute atomic E-state index is 6.17. The summed E-state index contributed by atoms with van der Waals surface area (Å²) in [6, 6.07) is 21.2. The number of hydrogen-bond donors (Lipinski definition) is 0.